The van der Waals surface area contributed by atoms with Gasteiger partial charge >= 0.3 is 0 Å². The van der Waals surface area contributed by atoms with Crippen LogP contribution < -0.4 is 0 Å². The van der Waals surface area contributed by atoms with E-state index in [1.54, 1.807) is 6.08 Å². The molecule has 0 aliphatic carbocycles. The third kappa shape index (κ3) is 23.7. The van der Waals surface area contributed by atoms with Gasteiger partial charge in [0.1, 0.15) is 0 Å². The second-order valence-electron chi connectivity index (χ2n) is 8.10. The van der Waals surface area contributed by atoms with Crippen LogP contribution in [0.1, 0.15) is 148 Å². The van der Waals surface area contributed by atoms with E-state index in [1.807, 2.05) is 0 Å². The minimum Gasteiger partial charge on any atom is -0.0845 e. The standard InChI is InChI=1S/C25H49/c1-3-5-7-9-11-13-15-17-19-21-23-25-24-22-20-18-16-14-12-10-8-6-4-2/h1,3H,4-25H2,2H3. The number of rotatable bonds is 22. The van der Waals surface area contributed by atoms with Gasteiger partial charge in [0.2, 0.25) is 0 Å². The molecular formula is C25H49. The van der Waals surface area contributed by atoms with E-state index >= 15 is 0 Å². The van der Waals surface area contributed by atoms with Crippen LogP contribution in [-0.2, 0) is 0 Å². The average Bonchev–Trinajstić information content (AvgIpc) is 2.63. The molecule has 0 aromatic heterocycles. The highest BCUT2D eigenvalue weighted by molar-refractivity contribution is 4.61. The van der Waals surface area contributed by atoms with Crippen LogP contribution in [0.25, 0.3) is 0 Å². The van der Waals surface area contributed by atoms with E-state index in [-0.39, 0.29) is 0 Å². The Hall–Kier alpha value is -0.260. The molecule has 0 saturated heterocycles. The fraction of sp³-hybridized carbons (Fsp3) is 0.920. The van der Waals surface area contributed by atoms with Crippen LogP contribution in [0, 0.1) is 6.58 Å². The van der Waals surface area contributed by atoms with Crippen molar-refractivity contribution in [2.24, 2.45) is 0 Å². The summed E-state index contributed by atoms with van der Waals surface area (Å²) in [5.41, 5.74) is 0. The van der Waals surface area contributed by atoms with E-state index in [0.29, 0.717) is 0 Å². The lowest BCUT2D eigenvalue weighted by atomic mass is 10.0. The summed E-state index contributed by atoms with van der Waals surface area (Å²) in [4.78, 5) is 0. The molecule has 0 amide bonds. The highest BCUT2D eigenvalue weighted by Crippen LogP contribution is 2.15. The molecule has 0 aromatic carbocycles. The Morgan fingerprint density at radius 2 is 0.640 bits per heavy atom. The Kier molecular flexibility index (Phi) is 23.5. The van der Waals surface area contributed by atoms with Gasteiger partial charge in [0, 0.05) is 0 Å². The maximum atomic E-state index is 5.39. The van der Waals surface area contributed by atoms with E-state index in [9.17, 15) is 0 Å². The van der Waals surface area contributed by atoms with Crippen molar-refractivity contribution >= 4 is 0 Å². The molecule has 1 radical (unpaired) electrons. The monoisotopic (exact) mass is 349 g/mol. The highest BCUT2D eigenvalue weighted by atomic mass is 14.0. The van der Waals surface area contributed by atoms with Crippen molar-refractivity contribution in [2.75, 3.05) is 0 Å². The summed E-state index contributed by atoms with van der Waals surface area (Å²) in [5, 5.41) is 0. The van der Waals surface area contributed by atoms with Gasteiger partial charge in [-0.25, -0.2) is 0 Å². The van der Waals surface area contributed by atoms with Gasteiger partial charge in [-0.2, -0.15) is 0 Å². The molecule has 0 aliphatic rings. The molecule has 25 heavy (non-hydrogen) atoms. The molecule has 0 rings (SSSR count). The molecule has 0 spiro atoms. The van der Waals surface area contributed by atoms with E-state index < -0.39 is 0 Å². The Balaban J connectivity index is 2.95. The van der Waals surface area contributed by atoms with Gasteiger partial charge in [-0.05, 0) is 12.8 Å². The number of hydrogen-bond donors (Lipinski definition) is 0. The van der Waals surface area contributed by atoms with Gasteiger partial charge in [-0.3, -0.25) is 0 Å². The maximum absolute atomic E-state index is 5.39. The van der Waals surface area contributed by atoms with Crippen LogP contribution in [0.2, 0.25) is 0 Å². The summed E-state index contributed by atoms with van der Waals surface area (Å²) in [6, 6.07) is 0. The molecule has 0 aromatic rings. The van der Waals surface area contributed by atoms with Crippen LogP contribution in [0.3, 0.4) is 0 Å². The van der Waals surface area contributed by atoms with Gasteiger partial charge in [0.05, 0.1) is 0 Å². The third-order valence-corrected chi connectivity index (χ3v) is 5.47. The molecule has 0 atom stereocenters. The van der Waals surface area contributed by atoms with Gasteiger partial charge in [0.15, 0.2) is 0 Å². The van der Waals surface area contributed by atoms with Crippen LogP contribution >= 0.6 is 0 Å². The number of allylic oxidation sites excluding steroid dienone is 1. The maximum Gasteiger partial charge on any atom is -0.0348 e. The van der Waals surface area contributed by atoms with Crippen molar-refractivity contribution in [1.29, 1.82) is 0 Å². The first-order valence-corrected chi connectivity index (χ1v) is 11.9. The van der Waals surface area contributed by atoms with Gasteiger partial charge < -0.3 is 0 Å². The van der Waals surface area contributed by atoms with Crippen molar-refractivity contribution in [2.45, 2.75) is 148 Å². The summed E-state index contributed by atoms with van der Waals surface area (Å²) in [6.45, 7) is 7.69. The summed E-state index contributed by atoms with van der Waals surface area (Å²) in [5.74, 6) is 0. The lowest BCUT2D eigenvalue weighted by molar-refractivity contribution is 0.520. The Bertz CT molecular complexity index is 230. The smallest absolute Gasteiger partial charge is 0.0348 e. The first kappa shape index (κ1) is 24.7. The zero-order valence-electron chi connectivity index (χ0n) is 17.7. The first-order valence-electron chi connectivity index (χ1n) is 11.9. The molecule has 149 valence electrons. The topological polar surface area (TPSA) is 0 Å². The van der Waals surface area contributed by atoms with Crippen LogP contribution in [0.4, 0.5) is 0 Å². The molecular weight excluding hydrogens is 300 g/mol. The summed E-state index contributed by atoms with van der Waals surface area (Å²) in [6.07, 6.45) is 33.3. The van der Waals surface area contributed by atoms with E-state index in [2.05, 4.69) is 6.92 Å². The van der Waals surface area contributed by atoms with Crippen molar-refractivity contribution in [1.82, 2.24) is 0 Å². The minimum atomic E-state index is 1.10. The Labute approximate surface area is 161 Å². The van der Waals surface area contributed by atoms with Gasteiger partial charge in [-0.1, -0.05) is 148 Å². The highest BCUT2D eigenvalue weighted by Gasteiger charge is 1.95. The molecule has 0 heterocycles. The molecule has 0 aliphatic heterocycles. The van der Waals surface area contributed by atoms with Crippen molar-refractivity contribution in [3.05, 3.63) is 12.7 Å². The fourth-order valence-electron chi connectivity index (χ4n) is 3.69. The molecule has 0 N–H and O–H groups in total. The van der Waals surface area contributed by atoms with E-state index in [4.69, 9.17) is 6.58 Å². The SMILES string of the molecule is [CH]=CCCCCCCCCCCCCCCCCCCCCCCC. The van der Waals surface area contributed by atoms with E-state index in [1.165, 1.54) is 135 Å². The second kappa shape index (κ2) is 23.7. The minimum absolute atomic E-state index is 1.10. The third-order valence-electron chi connectivity index (χ3n) is 5.47. The number of unbranched alkanes of at least 4 members (excludes halogenated alkanes) is 21. The van der Waals surface area contributed by atoms with Crippen LogP contribution in [-0.4, -0.2) is 0 Å². The quantitative estimate of drug-likeness (QED) is 0.171. The fourth-order valence-corrected chi connectivity index (χ4v) is 3.69. The summed E-state index contributed by atoms with van der Waals surface area (Å²) in [7, 11) is 0. The summed E-state index contributed by atoms with van der Waals surface area (Å²) >= 11 is 0. The molecule has 0 unspecified atom stereocenters. The largest absolute Gasteiger partial charge is 0.0845 e. The van der Waals surface area contributed by atoms with Crippen LogP contribution in [0.15, 0.2) is 6.08 Å². The predicted octanol–water partition coefficient (Wildman–Crippen LogP) is 9.58. The summed E-state index contributed by atoms with van der Waals surface area (Å²) < 4.78 is 0. The van der Waals surface area contributed by atoms with Crippen molar-refractivity contribution in [3.63, 3.8) is 0 Å². The molecule has 0 heteroatoms. The first-order chi connectivity index (χ1) is 12.4. The number of hydrogen-bond acceptors (Lipinski definition) is 0. The van der Waals surface area contributed by atoms with Gasteiger partial charge in [0.25, 0.3) is 0 Å². The average molecular weight is 350 g/mol. The molecule has 0 saturated carbocycles. The molecule has 0 bridgehead atoms. The lowest BCUT2D eigenvalue weighted by Gasteiger charge is -2.04. The molecule has 0 nitrogen and oxygen atoms in total. The predicted molar refractivity (Wildman–Crippen MR) is 116 cm³/mol. The lowest BCUT2D eigenvalue weighted by Crippen LogP contribution is -1.84. The Morgan fingerprint density at radius 3 is 0.880 bits per heavy atom. The molecule has 0 fully saturated rings. The van der Waals surface area contributed by atoms with Crippen molar-refractivity contribution in [3.8, 4) is 0 Å². The Morgan fingerprint density at radius 1 is 0.400 bits per heavy atom. The van der Waals surface area contributed by atoms with Crippen molar-refractivity contribution < 1.29 is 0 Å². The van der Waals surface area contributed by atoms with Crippen LogP contribution in [0.5, 0.6) is 0 Å². The zero-order chi connectivity index (χ0) is 18.3. The second-order valence-corrected chi connectivity index (χ2v) is 8.10. The zero-order valence-corrected chi connectivity index (χ0v) is 17.7. The van der Waals surface area contributed by atoms with E-state index in [0.717, 1.165) is 6.42 Å². The normalized spacial score (nSPS) is 11.1. The van der Waals surface area contributed by atoms with Gasteiger partial charge in [-0.15, -0.1) is 0 Å².